The topological polar surface area (TPSA) is 83.1 Å². The van der Waals surface area contributed by atoms with Crippen LogP contribution in [-0.2, 0) is 9.59 Å². The summed E-state index contributed by atoms with van der Waals surface area (Å²) in [7, 11) is 1.60. The molecule has 1 saturated heterocycles. The first-order valence-corrected chi connectivity index (χ1v) is 9.40. The molecule has 152 valence electrons. The highest BCUT2D eigenvalue weighted by Crippen LogP contribution is 2.21. The number of nitrogens with zero attached hydrogens (tertiary/aromatic N) is 4. The number of hydrogen-bond acceptors (Lipinski definition) is 6. The largest absolute Gasteiger partial charge is 0.420 e. The number of anilines is 2. The smallest absolute Gasteiger partial charge is 0.391 e. The minimum Gasteiger partial charge on any atom is -0.391 e. The molecule has 0 unspecified atom stereocenters. The minimum absolute atomic E-state index is 0.0832. The summed E-state index contributed by atoms with van der Waals surface area (Å²) in [5.74, 6) is -0.138. The molecular weight excluding hydrogens is 372 g/mol. The Kier molecular flexibility index (Phi) is 6.23. The predicted octanol–water partition coefficient (Wildman–Crippen LogP) is 2.55. The molecule has 3 rings (SSSR count). The molecule has 0 saturated carbocycles. The number of ether oxygens (including phenoxy) is 1. The Morgan fingerprint density at radius 2 is 1.76 bits per heavy atom. The first-order chi connectivity index (χ1) is 13.8. The van der Waals surface area contributed by atoms with Crippen LogP contribution in [0.1, 0.15) is 13.8 Å². The van der Waals surface area contributed by atoms with Gasteiger partial charge in [-0.3, -0.25) is 19.4 Å². The summed E-state index contributed by atoms with van der Waals surface area (Å²) >= 11 is 0. The standard InChI is InChI=1S/C21H24N4O4/c1-15(2)12-24-13-19(26)25(20(27)14-24)17-9-10-18(22-11-17)29-21(28)23(3)16-7-5-4-6-8-16/h4-11,15H,12-14H2,1-3H3. The van der Waals surface area contributed by atoms with Crippen LogP contribution in [0.3, 0.4) is 0 Å². The lowest BCUT2D eigenvalue weighted by atomic mass is 10.2. The van der Waals surface area contributed by atoms with Crippen molar-refractivity contribution >= 4 is 29.3 Å². The molecule has 3 amide bonds. The van der Waals surface area contributed by atoms with Crippen LogP contribution in [0.25, 0.3) is 0 Å². The Morgan fingerprint density at radius 1 is 1.10 bits per heavy atom. The van der Waals surface area contributed by atoms with Crippen molar-refractivity contribution in [3.8, 4) is 5.88 Å². The van der Waals surface area contributed by atoms with Gasteiger partial charge in [0.2, 0.25) is 17.7 Å². The second-order valence-corrected chi connectivity index (χ2v) is 7.30. The average molecular weight is 396 g/mol. The maximum atomic E-state index is 12.4. The first-order valence-electron chi connectivity index (χ1n) is 9.40. The zero-order valence-corrected chi connectivity index (χ0v) is 16.7. The van der Waals surface area contributed by atoms with Crippen molar-refractivity contribution in [2.75, 3.05) is 36.5 Å². The predicted molar refractivity (Wildman–Crippen MR) is 109 cm³/mol. The number of benzene rings is 1. The van der Waals surface area contributed by atoms with Crippen molar-refractivity contribution in [2.24, 2.45) is 5.92 Å². The normalized spacial score (nSPS) is 15.0. The second kappa shape index (κ2) is 8.83. The molecule has 0 N–H and O–H groups in total. The van der Waals surface area contributed by atoms with Crippen LogP contribution in [0.2, 0.25) is 0 Å². The van der Waals surface area contributed by atoms with Gasteiger partial charge in [0.25, 0.3) is 0 Å². The molecule has 1 aliphatic heterocycles. The molecule has 0 spiro atoms. The monoisotopic (exact) mass is 396 g/mol. The van der Waals surface area contributed by atoms with Crippen molar-refractivity contribution in [3.05, 3.63) is 48.7 Å². The van der Waals surface area contributed by atoms with E-state index in [0.717, 1.165) is 4.90 Å². The van der Waals surface area contributed by atoms with Gasteiger partial charge < -0.3 is 4.74 Å². The molecule has 0 bridgehead atoms. The molecule has 1 fully saturated rings. The van der Waals surface area contributed by atoms with Gasteiger partial charge in [-0.1, -0.05) is 32.0 Å². The van der Waals surface area contributed by atoms with Crippen LogP contribution >= 0.6 is 0 Å². The third-order valence-corrected chi connectivity index (χ3v) is 4.43. The molecule has 1 aromatic carbocycles. The van der Waals surface area contributed by atoms with Crippen LogP contribution in [0, 0.1) is 5.92 Å². The van der Waals surface area contributed by atoms with Crippen molar-refractivity contribution < 1.29 is 19.1 Å². The summed E-state index contributed by atoms with van der Waals surface area (Å²) in [5, 5.41) is 0. The quantitative estimate of drug-likeness (QED) is 0.723. The SMILES string of the molecule is CC(C)CN1CC(=O)N(c2ccc(OC(=O)N(C)c3ccccc3)nc2)C(=O)C1. The lowest BCUT2D eigenvalue weighted by Gasteiger charge is -2.33. The highest BCUT2D eigenvalue weighted by Gasteiger charge is 2.32. The molecule has 0 atom stereocenters. The number of hydrogen-bond donors (Lipinski definition) is 0. The van der Waals surface area contributed by atoms with Crippen LogP contribution < -0.4 is 14.5 Å². The van der Waals surface area contributed by atoms with Crippen molar-refractivity contribution in [1.82, 2.24) is 9.88 Å². The highest BCUT2D eigenvalue weighted by atomic mass is 16.6. The zero-order valence-electron chi connectivity index (χ0n) is 16.7. The van der Waals surface area contributed by atoms with Crippen molar-refractivity contribution in [1.29, 1.82) is 0 Å². The van der Waals surface area contributed by atoms with Crippen LogP contribution in [0.4, 0.5) is 16.2 Å². The van der Waals surface area contributed by atoms with E-state index in [9.17, 15) is 14.4 Å². The Labute approximate surface area is 169 Å². The summed E-state index contributed by atoms with van der Waals surface area (Å²) in [6.07, 6.45) is 0.768. The second-order valence-electron chi connectivity index (χ2n) is 7.30. The van der Waals surface area contributed by atoms with Gasteiger partial charge in [-0.15, -0.1) is 0 Å². The molecule has 29 heavy (non-hydrogen) atoms. The van der Waals surface area contributed by atoms with E-state index in [1.165, 1.54) is 17.2 Å². The third-order valence-electron chi connectivity index (χ3n) is 4.43. The van der Waals surface area contributed by atoms with Gasteiger partial charge >= 0.3 is 6.09 Å². The number of amides is 3. The van der Waals surface area contributed by atoms with E-state index in [0.29, 0.717) is 23.8 Å². The molecule has 1 aromatic heterocycles. The summed E-state index contributed by atoms with van der Waals surface area (Å²) < 4.78 is 5.27. The van der Waals surface area contributed by atoms with Gasteiger partial charge in [0.1, 0.15) is 0 Å². The van der Waals surface area contributed by atoms with E-state index in [1.54, 1.807) is 25.2 Å². The van der Waals surface area contributed by atoms with E-state index in [2.05, 4.69) is 4.98 Å². The molecule has 0 radical (unpaired) electrons. The fourth-order valence-corrected chi connectivity index (χ4v) is 3.13. The fraction of sp³-hybridized carbons (Fsp3) is 0.333. The van der Waals surface area contributed by atoms with Crippen molar-refractivity contribution in [3.63, 3.8) is 0 Å². The Hall–Kier alpha value is -3.26. The minimum atomic E-state index is -0.592. The number of aromatic nitrogens is 1. The van der Waals surface area contributed by atoms with E-state index in [4.69, 9.17) is 4.74 Å². The number of para-hydroxylation sites is 1. The molecular formula is C21H24N4O4. The summed E-state index contributed by atoms with van der Waals surface area (Å²) in [6.45, 7) is 5.14. The number of imide groups is 1. The summed E-state index contributed by atoms with van der Waals surface area (Å²) in [6, 6.07) is 12.1. The third kappa shape index (κ3) is 4.97. The summed E-state index contributed by atoms with van der Waals surface area (Å²) in [5.41, 5.74) is 1.05. The molecule has 2 aromatic rings. The van der Waals surface area contributed by atoms with Gasteiger partial charge in [0.15, 0.2) is 0 Å². The molecule has 0 aliphatic carbocycles. The maximum absolute atomic E-state index is 12.4. The fourth-order valence-electron chi connectivity index (χ4n) is 3.13. The van der Waals surface area contributed by atoms with E-state index < -0.39 is 6.09 Å². The molecule has 8 nitrogen and oxygen atoms in total. The molecule has 2 heterocycles. The van der Waals surface area contributed by atoms with Gasteiger partial charge in [0, 0.05) is 25.3 Å². The van der Waals surface area contributed by atoms with E-state index in [1.807, 2.05) is 36.9 Å². The Morgan fingerprint density at radius 3 is 2.31 bits per heavy atom. The number of carbonyl (C=O) groups excluding carboxylic acids is 3. The van der Waals surface area contributed by atoms with Gasteiger partial charge in [0.05, 0.1) is 25.0 Å². The van der Waals surface area contributed by atoms with Gasteiger partial charge in [-0.2, -0.15) is 0 Å². The molecule has 1 aliphatic rings. The van der Waals surface area contributed by atoms with E-state index >= 15 is 0 Å². The number of piperazine rings is 1. The highest BCUT2D eigenvalue weighted by molar-refractivity contribution is 6.17. The van der Waals surface area contributed by atoms with Crippen LogP contribution in [-0.4, -0.2) is 54.5 Å². The lowest BCUT2D eigenvalue weighted by molar-refractivity contribution is -0.132. The van der Waals surface area contributed by atoms with Gasteiger partial charge in [-0.05, 0) is 24.1 Å². The maximum Gasteiger partial charge on any atom is 0.420 e. The van der Waals surface area contributed by atoms with Crippen LogP contribution in [0.5, 0.6) is 5.88 Å². The van der Waals surface area contributed by atoms with Gasteiger partial charge in [-0.25, -0.2) is 14.7 Å². The molecule has 8 heteroatoms. The Balaban J connectivity index is 1.65. The Bertz CT molecular complexity index is 865. The van der Waals surface area contributed by atoms with Crippen molar-refractivity contribution in [2.45, 2.75) is 13.8 Å². The number of carbonyl (C=O) groups is 3. The van der Waals surface area contributed by atoms with E-state index in [-0.39, 0.29) is 30.8 Å². The van der Waals surface area contributed by atoms with Crippen LogP contribution in [0.15, 0.2) is 48.7 Å². The number of rotatable bonds is 5. The number of pyridine rings is 1. The summed E-state index contributed by atoms with van der Waals surface area (Å²) in [4.78, 5) is 45.6. The average Bonchev–Trinajstić information content (AvgIpc) is 2.68. The lowest BCUT2D eigenvalue weighted by Crippen LogP contribution is -2.54. The first kappa shape index (κ1) is 20.5. The zero-order chi connectivity index (χ0) is 21.0.